The van der Waals surface area contributed by atoms with E-state index >= 15 is 0 Å². The molecule has 0 unspecified atom stereocenters. The summed E-state index contributed by atoms with van der Waals surface area (Å²) >= 11 is 0. The summed E-state index contributed by atoms with van der Waals surface area (Å²) in [6, 6.07) is 7.43. The van der Waals surface area contributed by atoms with Crippen LogP contribution in [-0.4, -0.2) is 36.5 Å². The molecule has 0 aromatic heterocycles. The number of carbonyl (C=O) groups excluding carboxylic acids is 1. The second kappa shape index (κ2) is 9.87. The van der Waals surface area contributed by atoms with Gasteiger partial charge in [-0.15, -0.1) is 24.8 Å². The molecule has 0 saturated carbocycles. The van der Waals surface area contributed by atoms with Gasteiger partial charge in [0.25, 0.3) is 5.91 Å². The molecule has 1 aromatic carbocycles. The number of nitrogens with zero attached hydrogens (tertiary/aromatic N) is 1. The van der Waals surface area contributed by atoms with E-state index in [9.17, 15) is 4.79 Å². The third-order valence-corrected chi connectivity index (χ3v) is 3.61. The van der Waals surface area contributed by atoms with Gasteiger partial charge in [0.05, 0.1) is 0 Å². The van der Waals surface area contributed by atoms with Gasteiger partial charge < -0.3 is 16.0 Å². The Morgan fingerprint density at radius 2 is 2.00 bits per heavy atom. The molecule has 1 fully saturated rings. The van der Waals surface area contributed by atoms with Crippen molar-refractivity contribution in [2.75, 3.05) is 25.4 Å². The van der Waals surface area contributed by atoms with Gasteiger partial charge in [0.15, 0.2) is 0 Å². The smallest absolute Gasteiger partial charge is 0.251 e. The Bertz CT molecular complexity index is 435. The molecule has 0 spiro atoms. The van der Waals surface area contributed by atoms with Gasteiger partial charge in [0, 0.05) is 30.4 Å². The lowest BCUT2D eigenvalue weighted by Gasteiger charge is -2.32. The van der Waals surface area contributed by atoms with Crippen molar-refractivity contribution in [3.05, 3.63) is 29.8 Å². The number of anilines is 1. The van der Waals surface area contributed by atoms with Crippen LogP contribution in [-0.2, 0) is 0 Å². The predicted octanol–water partition coefficient (Wildman–Crippen LogP) is 2.72. The number of benzene rings is 1. The van der Waals surface area contributed by atoms with E-state index < -0.39 is 0 Å². The van der Waals surface area contributed by atoms with Crippen LogP contribution in [0.25, 0.3) is 0 Å². The molecule has 2 rings (SSSR count). The molecule has 0 radical (unpaired) electrons. The fourth-order valence-electron chi connectivity index (χ4n) is 2.57. The van der Waals surface area contributed by atoms with Crippen molar-refractivity contribution >= 4 is 36.4 Å². The van der Waals surface area contributed by atoms with Crippen molar-refractivity contribution in [1.29, 1.82) is 0 Å². The van der Waals surface area contributed by atoms with Crippen molar-refractivity contribution in [2.24, 2.45) is 0 Å². The van der Waals surface area contributed by atoms with Crippen LogP contribution in [0.5, 0.6) is 0 Å². The fourth-order valence-corrected chi connectivity index (χ4v) is 2.57. The predicted molar refractivity (Wildman–Crippen MR) is 92.6 cm³/mol. The van der Waals surface area contributed by atoms with Crippen LogP contribution in [0.3, 0.4) is 0 Å². The first-order valence-corrected chi connectivity index (χ1v) is 7.08. The summed E-state index contributed by atoms with van der Waals surface area (Å²) in [5.74, 6) is -0.0127. The van der Waals surface area contributed by atoms with Gasteiger partial charge in [-0.25, -0.2) is 0 Å². The quantitative estimate of drug-likeness (QED) is 0.833. The van der Waals surface area contributed by atoms with Gasteiger partial charge in [-0.05, 0) is 44.0 Å². The highest BCUT2D eigenvalue weighted by Crippen LogP contribution is 2.12. The number of halogens is 2. The number of likely N-dealkylation sites (tertiary alicyclic amines) is 1. The lowest BCUT2D eigenvalue weighted by molar-refractivity contribution is 0.0911. The Kier molecular flexibility index (Phi) is 9.42. The lowest BCUT2D eigenvalue weighted by atomic mass is 10.0. The zero-order valence-corrected chi connectivity index (χ0v) is 14.0. The van der Waals surface area contributed by atoms with Crippen molar-refractivity contribution in [2.45, 2.75) is 32.2 Å². The number of rotatable bonds is 4. The maximum Gasteiger partial charge on any atom is 0.251 e. The van der Waals surface area contributed by atoms with Crippen LogP contribution < -0.4 is 11.1 Å². The molecule has 3 N–H and O–H groups in total. The highest BCUT2D eigenvalue weighted by molar-refractivity contribution is 5.95. The van der Waals surface area contributed by atoms with E-state index in [1.54, 1.807) is 18.2 Å². The summed E-state index contributed by atoms with van der Waals surface area (Å²) in [7, 11) is 0. The molecule has 4 nitrogen and oxygen atoms in total. The molecule has 1 aliphatic rings. The molecule has 1 aromatic rings. The topological polar surface area (TPSA) is 58.4 Å². The molecule has 1 aliphatic heterocycles. The standard InChI is InChI=1S/C15H23N3O.2ClH/c1-2-8-18-9-6-14(7-10-18)17-15(19)12-4-3-5-13(16)11-12;;/h3-5,11,14H,2,6-10,16H2,1H3,(H,17,19);2*1H. The number of nitrogens with one attached hydrogen (secondary N) is 1. The molecule has 6 heteroatoms. The van der Waals surface area contributed by atoms with Crippen molar-refractivity contribution in [1.82, 2.24) is 10.2 Å². The molecule has 21 heavy (non-hydrogen) atoms. The summed E-state index contributed by atoms with van der Waals surface area (Å²) in [6.07, 6.45) is 3.27. The second-order valence-electron chi connectivity index (χ2n) is 5.21. The molecule has 0 aliphatic carbocycles. The summed E-state index contributed by atoms with van der Waals surface area (Å²) in [5.41, 5.74) is 6.97. The van der Waals surface area contributed by atoms with Crippen LogP contribution in [0.2, 0.25) is 0 Å². The first-order chi connectivity index (χ1) is 9.19. The fraction of sp³-hybridized carbons (Fsp3) is 0.533. The van der Waals surface area contributed by atoms with Gasteiger partial charge in [0.1, 0.15) is 0 Å². The van der Waals surface area contributed by atoms with Gasteiger partial charge >= 0.3 is 0 Å². The molecule has 120 valence electrons. The third-order valence-electron chi connectivity index (χ3n) is 3.61. The number of amides is 1. The van der Waals surface area contributed by atoms with E-state index in [0.29, 0.717) is 17.3 Å². The van der Waals surface area contributed by atoms with Crippen molar-refractivity contribution in [3.8, 4) is 0 Å². The minimum absolute atomic E-state index is 0. The Morgan fingerprint density at radius 1 is 1.33 bits per heavy atom. The third kappa shape index (κ3) is 6.12. The zero-order valence-electron chi connectivity index (χ0n) is 12.4. The minimum atomic E-state index is -0.0127. The summed E-state index contributed by atoms with van der Waals surface area (Å²) in [5, 5.41) is 3.10. The van der Waals surface area contributed by atoms with Crippen LogP contribution >= 0.6 is 24.8 Å². The average Bonchev–Trinajstić information content (AvgIpc) is 2.41. The molecular formula is C15H25Cl2N3O. The monoisotopic (exact) mass is 333 g/mol. The number of hydrogen-bond donors (Lipinski definition) is 2. The Labute approximate surface area is 139 Å². The minimum Gasteiger partial charge on any atom is -0.399 e. The number of nitrogen functional groups attached to an aromatic ring is 1. The lowest BCUT2D eigenvalue weighted by Crippen LogP contribution is -2.44. The molecule has 1 saturated heterocycles. The Balaban J connectivity index is 0.00000200. The number of hydrogen-bond acceptors (Lipinski definition) is 3. The number of nitrogens with two attached hydrogens (primary N) is 1. The Hall–Kier alpha value is -0.970. The zero-order chi connectivity index (χ0) is 13.7. The number of piperidine rings is 1. The highest BCUT2D eigenvalue weighted by atomic mass is 35.5. The first-order valence-electron chi connectivity index (χ1n) is 7.08. The van der Waals surface area contributed by atoms with E-state index in [-0.39, 0.29) is 30.7 Å². The summed E-state index contributed by atoms with van der Waals surface area (Å²) < 4.78 is 0. The molecule has 0 bridgehead atoms. The highest BCUT2D eigenvalue weighted by Gasteiger charge is 2.20. The largest absolute Gasteiger partial charge is 0.399 e. The number of carbonyl (C=O) groups is 1. The maximum atomic E-state index is 12.1. The normalized spacial score (nSPS) is 15.7. The van der Waals surface area contributed by atoms with Crippen LogP contribution in [0.15, 0.2) is 24.3 Å². The van der Waals surface area contributed by atoms with E-state index in [2.05, 4.69) is 17.1 Å². The van der Waals surface area contributed by atoms with Crippen LogP contribution in [0.4, 0.5) is 5.69 Å². The van der Waals surface area contributed by atoms with Crippen LogP contribution in [0, 0.1) is 0 Å². The van der Waals surface area contributed by atoms with Gasteiger partial charge in [0.2, 0.25) is 0 Å². The average molecular weight is 334 g/mol. The first kappa shape index (κ1) is 20.0. The van der Waals surface area contributed by atoms with E-state index in [0.717, 1.165) is 32.5 Å². The van der Waals surface area contributed by atoms with Gasteiger partial charge in [-0.1, -0.05) is 13.0 Å². The van der Waals surface area contributed by atoms with E-state index in [1.807, 2.05) is 6.07 Å². The van der Waals surface area contributed by atoms with Gasteiger partial charge in [-0.2, -0.15) is 0 Å². The SMILES string of the molecule is CCCN1CCC(NC(=O)c2cccc(N)c2)CC1.Cl.Cl. The molecule has 1 heterocycles. The Morgan fingerprint density at radius 3 is 2.57 bits per heavy atom. The summed E-state index contributed by atoms with van der Waals surface area (Å²) in [4.78, 5) is 14.6. The van der Waals surface area contributed by atoms with Gasteiger partial charge in [-0.3, -0.25) is 4.79 Å². The maximum absolute atomic E-state index is 12.1. The van der Waals surface area contributed by atoms with Crippen LogP contribution in [0.1, 0.15) is 36.5 Å². The van der Waals surface area contributed by atoms with E-state index in [1.165, 1.54) is 6.42 Å². The molecular weight excluding hydrogens is 309 g/mol. The molecule has 1 amide bonds. The second-order valence-corrected chi connectivity index (χ2v) is 5.21. The molecule has 0 atom stereocenters. The summed E-state index contributed by atoms with van der Waals surface area (Å²) in [6.45, 7) is 5.52. The van der Waals surface area contributed by atoms with Crippen molar-refractivity contribution < 1.29 is 4.79 Å². The van der Waals surface area contributed by atoms with E-state index in [4.69, 9.17) is 5.73 Å². The van der Waals surface area contributed by atoms with Crippen molar-refractivity contribution in [3.63, 3.8) is 0 Å².